The highest BCUT2D eigenvalue weighted by molar-refractivity contribution is 6.07. The molecule has 0 aliphatic rings. The molecule has 3 aromatic rings. The van der Waals surface area contributed by atoms with E-state index in [4.69, 9.17) is 9.15 Å². The van der Waals surface area contributed by atoms with Crippen molar-refractivity contribution >= 4 is 23.2 Å². The highest BCUT2D eigenvalue weighted by atomic mass is 16.5. The molecule has 0 aliphatic carbocycles. The molecule has 0 unspecified atom stereocenters. The topological polar surface area (TPSA) is 80.6 Å². The molecule has 6 heteroatoms. The molecule has 1 aromatic heterocycles. The summed E-state index contributed by atoms with van der Waals surface area (Å²) in [5.74, 6) is 0.141. The van der Waals surface area contributed by atoms with Crippen LogP contribution in [0, 0.1) is 6.92 Å². The molecule has 0 bridgehead atoms. The second-order valence-corrected chi connectivity index (χ2v) is 5.90. The summed E-state index contributed by atoms with van der Waals surface area (Å²) in [6, 6.07) is 15.5. The number of hydrogen-bond donors (Lipinski definition) is 2. The summed E-state index contributed by atoms with van der Waals surface area (Å²) >= 11 is 0. The molecule has 0 fully saturated rings. The molecule has 2 aromatic carbocycles. The van der Waals surface area contributed by atoms with Gasteiger partial charge in [-0.15, -0.1) is 0 Å². The van der Waals surface area contributed by atoms with Crippen LogP contribution in [0.4, 0.5) is 11.4 Å². The molecule has 27 heavy (non-hydrogen) atoms. The predicted molar refractivity (Wildman–Crippen MR) is 103 cm³/mol. The molecule has 0 saturated carbocycles. The molecule has 1 heterocycles. The van der Waals surface area contributed by atoms with Gasteiger partial charge < -0.3 is 19.8 Å². The van der Waals surface area contributed by atoms with Crippen molar-refractivity contribution in [3.63, 3.8) is 0 Å². The van der Waals surface area contributed by atoms with Crippen molar-refractivity contribution in [1.82, 2.24) is 0 Å². The monoisotopic (exact) mass is 364 g/mol. The number of hydrogen-bond acceptors (Lipinski definition) is 4. The first kappa shape index (κ1) is 18.3. The molecule has 0 radical (unpaired) electrons. The van der Waals surface area contributed by atoms with Crippen molar-refractivity contribution < 1.29 is 18.7 Å². The van der Waals surface area contributed by atoms with E-state index in [-0.39, 0.29) is 17.6 Å². The SMILES string of the molecule is CCOc1cc(C)ccc1NC(=O)c1cccc(NC(=O)c2ccco2)c1. The molecule has 2 N–H and O–H groups in total. The molecule has 6 nitrogen and oxygen atoms in total. The smallest absolute Gasteiger partial charge is 0.291 e. The molecular formula is C21H20N2O4. The van der Waals surface area contributed by atoms with Crippen LogP contribution in [-0.4, -0.2) is 18.4 Å². The van der Waals surface area contributed by atoms with Crippen molar-refractivity contribution in [1.29, 1.82) is 0 Å². The van der Waals surface area contributed by atoms with Crippen LogP contribution in [0.2, 0.25) is 0 Å². The summed E-state index contributed by atoms with van der Waals surface area (Å²) in [5.41, 5.74) is 2.55. The van der Waals surface area contributed by atoms with Crippen molar-refractivity contribution in [3.05, 3.63) is 77.7 Å². The lowest BCUT2D eigenvalue weighted by Crippen LogP contribution is -2.15. The summed E-state index contributed by atoms with van der Waals surface area (Å²) in [6.45, 7) is 4.35. The standard InChI is InChI=1S/C21H20N2O4/c1-3-26-19-12-14(2)9-10-17(19)23-20(24)15-6-4-7-16(13-15)22-21(25)18-8-5-11-27-18/h4-13H,3H2,1-2H3,(H,22,25)(H,23,24). The van der Waals surface area contributed by atoms with Gasteiger partial charge in [0.05, 0.1) is 18.6 Å². The van der Waals surface area contributed by atoms with Crippen LogP contribution in [0.15, 0.2) is 65.3 Å². The minimum atomic E-state index is -0.380. The Hall–Kier alpha value is -3.54. The molecule has 0 spiro atoms. The number of ether oxygens (including phenoxy) is 1. The molecule has 0 atom stereocenters. The maximum absolute atomic E-state index is 12.6. The first-order valence-corrected chi connectivity index (χ1v) is 8.56. The number of carbonyl (C=O) groups is 2. The second kappa shape index (κ2) is 8.23. The molecular weight excluding hydrogens is 344 g/mol. The zero-order chi connectivity index (χ0) is 19.2. The summed E-state index contributed by atoms with van der Waals surface area (Å²) < 4.78 is 10.7. The number of amides is 2. The number of furan rings is 1. The van der Waals surface area contributed by atoms with Gasteiger partial charge in [0.15, 0.2) is 5.76 Å². The Morgan fingerprint density at radius 3 is 2.59 bits per heavy atom. The van der Waals surface area contributed by atoms with Gasteiger partial charge in [0.1, 0.15) is 5.75 Å². The minimum Gasteiger partial charge on any atom is -0.492 e. The number of nitrogens with one attached hydrogen (secondary N) is 2. The normalized spacial score (nSPS) is 10.3. The Balaban J connectivity index is 1.75. The first-order valence-electron chi connectivity index (χ1n) is 8.56. The van der Waals surface area contributed by atoms with Crippen LogP contribution in [0.3, 0.4) is 0 Å². The summed E-state index contributed by atoms with van der Waals surface area (Å²) in [6.07, 6.45) is 1.43. The molecule has 0 saturated heterocycles. The van der Waals surface area contributed by atoms with Crippen LogP contribution in [0.1, 0.15) is 33.4 Å². The van der Waals surface area contributed by atoms with E-state index in [1.165, 1.54) is 6.26 Å². The van der Waals surface area contributed by atoms with Crippen molar-refractivity contribution in [2.75, 3.05) is 17.2 Å². The van der Waals surface area contributed by atoms with Gasteiger partial charge in [-0.1, -0.05) is 12.1 Å². The third-order valence-corrected chi connectivity index (χ3v) is 3.81. The van der Waals surface area contributed by atoms with Gasteiger partial charge in [-0.3, -0.25) is 9.59 Å². The fourth-order valence-electron chi connectivity index (χ4n) is 2.54. The number of carbonyl (C=O) groups excluding carboxylic acids is 2. The zero-order valence-electron chi connectivity index (χ0n) is 15.1. The van der Waals surface area contributed by atoms with Gasteiger partial charge in [0, 0.05) is 11.3 Å². The third-order valence-electron chi connectivity index (χ3n) is 3.81. The quantitative estimate of drug-likeness (QED) is 0.675. The lowest BCUT2D eigenvalue weighted by Gasteiger charge is -2.13. The van der Waals surface area contributed by atoms with Crippen LogP contribution < -0.4 is 15.4 Å². The predicted octanol–water partition coefficient (Wildman–Crippen LogP) is 4.49. The van der Waals surface area contributed by atoms with E-state index >= 15 is 0 Å². The Morgan fingerprint density at radius 2 is 1.85 bits per heavy atom. The van der Waals surface area contributed by atoms with E-state index in [1.54, 1.807) is 42.5 Å². The van der Waals surface area contributed by atoms with Gasteiger partial charge in [0.2, 0.25) is 0 Å². The number of anilines is 2. The summed E-state index contributed by atoms with van der Waals surface area (Å²) in [7, 11) is 0. The number of aryl methyl sites for hydroxylation is 1. The highest BCUT2D eigenvalue weighted by Gasteiger charge is 2.13. The molecule has 3 rings (SSSR count). The second-order valence-electron chi connectivity index (χ2n) is 5.90. The van der Waals surface area contributed by atoms with Crippen LogP contribution in [0.5, 0.6) is 5.75 Å². The zero-order valence-corrected chi connectivity index (χ0v) is 15.1. The fraction of sp³-hybridized carbons (Fsp3) is 0.143. The lowest BCUT2D eigenvalue weighted by atomic mass is 10.1. The van der Waals surface area contributed by atoms with Gasteiger partial charge in [-0.05, 0) is 61.9 Å². The van der Waals surface area contributed by atoms with Crippen LogP contribution in [0.25, 0.3) is 0 Å². The maximum Gasteiger partial charge on any atom is 0.291 e. The van der Waals surface area contributed by atoms with Crippen molar-refractivity contribution in [2.45, 2.75) is 13.8 Å². The van der Waals surface area contributed by atoms with Crippen LogP contribution in [-0.2, 0) is 0 Å². The van der Waals surface area contributed by atoms with E-state index in [0.29, 0.717) is 29.3 Å². The van der Waals surface area contributed by atoms with E-state index in [9.17, 15) is 9.59 Å². The summed E-state index contributed by atoms with van der Waals surface area (Å²) in [5, 5.41) is 5.56. The Morgan fingerprint density at radius 1 is 1.00 bits per heavy atom. The molecule has 138 valence electrons. The van der Waals surface area contributed by atoms with Gasteiger partial charge in [-0.25, -0.2) is 0 Å². The van der Waals surface area contributed by atoms with Crippen molar-refractivity contribution in [3.8, 4) is 5.75 Å². The van der Waals surface area contributed by atoms with Gasteiger partial charge in [0.25, 0.3) is 11.8 Å². The minimum absolute atomic E-state index is 0.200. The van der Waals surface area contributed by atoms with E-state index in [0.717, 1.165) is 5.56 Å². The highest BCUT2D eigenvalue weighted by Crippen LogP contribution is 2.26. The largest absolute Gasteiger partial charge is 0.492 e. The van der Waals surface area contributed by atoms with E-state index in [2.05, 4.69) is 10.6 Å². The molecule has 2 amide bonds. The van der Waals surface area contributed by atoms with Gasteiger partial charge in [-0.2, -0.15) is 0 Å². The number of benzene rings is 2. The Kier molecular flexibility index (Phi) is 5.56. The van der Waals surface area contributed by atoms with Crippen LogP contribution >= 0.6 is 0 Å². The van der Waals surface area contributed by atoms with E-state index < -0.39 is 0 Å². The van der Waals surface area contributed by atoms with Crippen molar-refractivity contribution in [2.24, 2.45) is 0 Å². The Labute approximate surface area is 157 Å². The fourth-order valence-corrected chi connectivity index (χ4v) is 2.54. The van der Waals surface area contributed by atoms with E-state index in [1.807, 2.05) is 26.0 Å². The maximum atomic E-state index is 12.6. The van der Waals surface area contributed by atoms with Gasteiger partial charge >= 0.3 is 0 Å². The number of rotatable bonds is 6. The summed E-state index contributed by atoms with van der Waals surface area (Å²) in [4.78, 5) is 24.7. The third kappa shape index (κ3) is 4.55. The average Bonchev–Trinajstić information content (AvgIpc) is 3.19. The Bertz CT molecular complexity index is 949. The lowest BCUT2D eigenvalue weighted by molar-refractivity contribution is 0.0993. The molecule has 0 aliphatic heterocycles. The average molecular weight is 364 g/mol. The first-order chi connectivity index (χ1) is 13.1.